The largest absolute Gasteiger partial charge is 0.494 e. The quantitative estimate of drug-likeness (QED) is 0.781. The first kappa shape index (κ1) is 20.1. The van der Waals surface area contributed by atoms with Crippen LogP contribution in [0.1, 0.15) is 27.7 Å². The van der Waals surface area contributed by atoms with Gasteiger partial charge in [0.25, 0.3) is 10.0 Å². The number of nitrogens with one attached hydrogen (secondary N) is 1. The fourth-order valence-corrected chi connectivity index (χ4v) is 3.95. The van der Waals surface area contributed by atoms with Gasteiger partial charge in [0.05, 0.1) is 21.8 Å². The molecule has 1 saturated heterocycles. The Hall–Kier alpha value is -1.61. The Morgan fingerprint density at radius 1 is 1.04 bits per heavy atom. The molecule has 1 aliphatic heterocycles. The molecule has 9 heteroatoms. The van der Waals surface area contributed by atoms with Gasteiger partial charge >= 0.3 is 7.12 Å². The van der Waals surface area contributed by atoms with Crippen molar-refractivity contribution in [1.29, 1.82) is 0 Å². The standard InChI is InChI=1S/C18H20BClFNO4S/c1-17(2)18(3,4)26-19(25-17)12-8-9-16(15(21)10-12)22-27(23,24)14-7-5-6-13(20)11-14/h5-11,22H,1-4H3. The second-order valence-corrected chi connectivity index (χ2v) is 9.51. The van der Waals surface area contributed by atoms with Crippen molar-refractivity contribution in [2.75, 3.05) is 4.72 Å². The third kappa shape index (κ3) is 3.99. The topological polar surface area (TPSA) is 64.6 Å². The number of halogens is 2. The van der Waals surface area contributed by atoms with Crippen LogP contribution in [0.4, 0.5) is 10.1 Å². The van der Waals surface area contributed by atoms with E-state index >= 15 is 0 Å². The Morgan fingerprint density at radius 3 is 2.22 bits per heavy atom. The monoisotopic (exact) mass is 411 g/mol. The van der Waals surface area contributed by atoms with Gasteiger partial charge in [-0.1, -0.05) is 23.7 Å². The van der Waals surface area contributed by atoms with Gasteiger partial charge in [0, 0.05) is 5.02 Å². The molecular formula is C18H20BClFNO4S. The predicted molar refractivity (Wildman–Crippen MR) is 104 cm³/mol. The number of sulfonamides is 1. The van der Waals surface area contributed by atoms with Crippen LogP contribution >= 0.6 is 11.6 Å². The Morgan fingerprint density at radius 2 is 1.67 bits per heavy atom. The van der Waals surface area contributed by atoms with E-state index in [1.165, 1.54) is 30.3 Å². The number of hydrogen-bond acceptors (Lipinski definition) is 4. The smallest absolute Gasteiger partial charge is 0.399 e. The van der Waals surface area contributed by atoms with E-state index in [4.69, 9.17) is 20.9 Å². The summed E-state index contributed by atoms with van der Waals surface area (Å²) in [7, 11) is -4.70. The second-order valence-electron chi connectivity index (χ2n) is 7.39. The lowest BCUT2D eigenvalue weighted by molar-refractivity contribution is 0.00578. The maximum Gasteiger partial charge on any atom is 0.494 e. The van der Waals surface area contributed by atoms with E-state index in [2.05, 4.69) is 4.72 Å². The van der Waals surface area contributed by atoms with Gasteiger partial charge in [-0.3, -0.25) is 4.72 Å². The van der Waals surface area contributed by atoms with Gasteiger partial charge < -0.3 is 9.31 Å². The summed E-state index contributed by atoms with van der Waals surface area (Å²) in [5.41, 5.74) is -0.811. The van der Waals surface area contributed by atoms with E-state index in [0.29, 0.717) is 5.46 Å². The van der Waals surface area contributed by atoms with Crippen molar-refractivity contribution in [1.82, 2.24) is 0 Å². The summed E-state index contributed by atoms with van der Waals surface area (Å²) >= 11 is 5.83. The molecule has 0 spiro atoms. The minimum atomic E-state index is -3.96. The molecule has 1 heterocycles. The van der Waals surface area contributed by atoms with Crippen molar-refractivity contribution in [3.63, 3.8) is 0 Å². The molecule has 0 bridgehead atoms. The zero-order valence-electron chi connectivity index (χ0n) is 15.4. The first-order valence-corrected chi connectivity index (χ1v) is 10.2. The molecule has 5 nitrogen and oxygen atoms in total. The summed E-state index contributed by atoms with van der Waals surface area (Å²) in [4.78, 5) is -0.0514. The molecule has 144 valence electrons. The fourth-order valence-electron chi connectivity index (χ4n) is 2.58. The SMILES string of the molecule is CC1(C)OB(c2ccc(NS(=O)(=O)c3cccc(Cl)c3)c(F)c2)OC1(C)C. The van der Waals surface area contributed by atoms with E-state index in [1.807, 2.05) is 27.7 Å². The van der Waals surface area contributed by atoms with Crippen LogP contribution in [0.5, 0.6) is 0 Å². The summed E-state index contributed by atoms with van der Waals surface area (Å²) in [6, 6.07) is 9.86. The molecule has 0 radical (unpaired) electrons. The van der Waals surface area contributed by atoms with Gasteiger partial charge in [-0.05, 0) is 63.5 Å². The van der Waals surface area contributed by atoms with Crippen molar-refractivity contribution < 1.29 is 22.1 Å². The number of anilines is 1. The van der Waals surface area contributed by atoms with E-state index in [1.54, 1.807) is 12.1 Å². The third-order valence-corrected chi connectivity index (χ3v) is 6.47. The van der Waals surface area contributed by atoms with E-state index in [9.17, 15) is 12.8 Å². The van der Waals surface area contributed by atoms with Crippen molar-refractivity contribution >= 4 is 39.9 Å². The number of rotatable bonds is 4. The highest BCUT2D eigenvalue weighted by Gasteiger charge is 2.51. The second kappa shape index (κ2) is 6.77. The van der Waals surface area contributed by atoms with Crippen molar-refractivity contribution in [3.8, 4) is 0 Å². The van der Waals surface area contributed by atoms with Gasteiger partial charge in [-0.15, -0.1) is 0 Å². The lowest BCUT2D eigenvalue weighted by Gasteiger charge is -2.32. The summed E-state index contributed by atoms with van der Waals surface area (Å²) < 4.78 is 53.4. The van der Waals surface area contributed by atoms with Crippen LogP contribution in [0.3, 0.4) is 0 Å². The van der Waals surface area contributed by atoms with E-state index in [0.717, 1.165) is 0 Å². The highest BCUT2D eigenvalue weighted by Crippen LogP contribution is 2.36. The molecular weight excluding hydrogens is 392 g/mol. The molecule has 2 aromatic carbocycles. The molecule has 1 fully saturated rings. The van der Waals surface area contributed by atoms with Gasteiger partial charge in [0.2, 0.25) is 0 Å². The van der Waals surface area contributed by atoms with E-state index in [-0.39, 0.29) is 15.6 Å². The summed E-state index contributed by atoms with van der Waals surface area (Å²) in [5, 5.41) is 0.273. The molecule has 0 saturated carbocycles. The zero-order valence-corrected chi connectivity index (χ0v) is 17.0. The van der Waals surface area contributed by atoms with E-state index < -0.39 is 34.2 Å². The third-order valence-electron chi connectivity index (χ3n) is 4.87. The van der Waals surface area contributed by atoms with Crippen LogP contribution in [0.15, 0.2) is 47.4 Å². The Balaban J connectivity index is 1.84. The Bertz CT molecular complexity index is 965. The zero-order chi connectivity index (χ0) is 20.0. The Kier molecular flexibility index (Phi) is 5.05. The van der Waals surface area contributed by atoms with Crippen LogP contribution in [-0.2, 0) is 19.3 Å². The fraction of sp³-hybridized carbons (Fsp3) is 0.333. The van der Waals surface area contributed by atoms with Crippen LogP contribution in [0.25, 0.3) is 0 Å². The molecule has 27 heavy (non-hydrogen) atoms. The average Bonchev–Trinajstić information content (AvgIpc) is 2.77. The minimum absolute atomic E-state index is 0.0514. The lowest BCUT2D eigenvalue weighted by Crippen LogP contribution is -2.41. The summed E-state index contributed by atoms with van der Waals surface area (Å²) in [6.07, 6.45) is 0. The molecule has 0 aliphatic carbocycles. The van der Waals surface area contributed by atoms with Gasteiger partial charge in [0.1, 0.15) is 5.82 Å². The normalized spacial score (nSPS) is 18.5. The lowest BCUT2D eigenvalue weighted by atomic mass is 9.79. The number of benzene rings is 2. The van der Waals surface area contributed by atoms with Crippen LogP contribution in [-0.4, -0.2) is 26.7 Å². The molecule has 0 amide bonds. The number of hydrogen-bond donors (Lipinski definition) is 1. The average molecular weight is 412 g/mol. The molecule has 1 N–H and O–H groups in total. The van der Waals surface area contributed by atoms with Crippen molar-refractivity contribution in [2.24, 2.45) is 0 Å². The Labute approximate surface area is 164 Å². The summed E-state index contributed by atoms with van der Waals surface area (Å²) in [6.45, 7) is 7.60. The molecule has 0 aromatic heterocycles. The van der Waals surface area contributed by atoms with Crippen LogP contribution in [0, 0.1) is 5.82 Å². The molecule has 0 unspecified atom stereocenters. The van der Waals surface area contributed by atoms with Gasteiger partial charge in [-0.25, -0.2) is 12.8 Å². The van der Waals surface area contributed by atoms with Gasteiger partial charge in [-0.2, -0.15) is 0 Å². The van der Waals surface area contributed by atoms with Crippen LogP contribution < -0.4 is 10.2 Å². The first-order chi connectivity index (χ1) is 12.4. The highest BCUT2D eigenvalue weighted by molar-refractivity contribution is 7.92. The first-order valence-electron chi connectivity index (χ1n) is 8.35. The summed E-state index contributed by atoms with van der Waals surface area (Å²) in [5.74, 6) is -0.729. The molecule has 2 aromatic rings. The van der Waals surface area contributed by atoms with Crippen molar-refractivity contribution in [2.45, 2.75) is 43.8 Å². The maximum atomic E-state index is 14.5. The highest BCUT2D eigenvalue weighted by atomic mass is 35.5. The molecule has 3 rings (SSSR count). The molecule has 0 atom stereocenters. The van der Waals surface area contributed by atoms with Crippen molar-refractivity contribution in [3.05, 3.63) is 53.3 Å². The van der Waals surface area contributed by atoms with Gasteiger partial charge in [0.15, 0.2) is 0 Å². The van der Waals surface area contributed by atoms with Crippen LogP contribution in [0.2, 0.25) is 5.02 Å². The molecule has 1 aliphatic rings. The minimum Gasteiger partial charge on any atom is -0.399 e. The predicted octanol–water partition coefficient (Wildman–Crippen LogP) is 3.58. The maximum absolute atomic E-state index is 14.5.